The van der Waals surface area contributed by atoms with E-state index in [9.17, 15) is 14.4 Å². The molecular weight excluding hydrogens is 468 g/mol. The molecule has 36 heavy (non-hydrogen) atoms. The number of para-hydroxylation sites is 1. The maximum absolute atomic E-state index is 15.5. The van der Waals surface area contributed by atoms with Gasteiger partial charge in [-0.25, -0.2) is 13.6 Å². The summed E-state index contributed by atoms with van der Waals surface area (Å²) >= 11 is 0. The Morgan fingerprint density at radius 1 is 1.17 bits per heavy atom. The Kier molecular flexibility index (Phi) is 7.19. The lowest BCUT2D eigenvalue weighted by Gasteiger charge is -2.35. The molecule has 3 heterocycles. The Bertz CT molecular complexity index is 1240. The third kappa shape index (κ3) is 4.87. The van der Waals surface area contributed by atoms with Crippen LogP contribution in [-0.2, 0) is 9.59 Å². The number of aryl methyl sites for hydroxylation is 1. The van der Waals surface area contributed by atoms with Gasteiger partial charge in [-0.1, -0.05) is 18.2 Å². The Balaban J connectivity index is 1.70. The maximum atomic E-state index is 15.5. The van der Waals surface area contributed by atoms with Crippen LogP contribution in [-0.4, -0.2) is 83.1 Å². The molecule has 2 aromatic rings. The topological polar surface area (TPSA) is 79.7 Å². The van der Waals surface area contributed by atoms with Crippen LogP contribution in [0.1, 0.15) is 40.9 Å². The van der Waals surface area contributed by atoms with Crippen molar-refractivity contribution in [1.82, 2.24) is 14.8 Å². The molecule has 1 saturated heterocycles. The molecule has 1 fully saturated rings. The molecule has 2 aliphatic rings. The SMILES string of the molecule is Cc1cc[nH]c1C(=O)[N+](=C=O)N1CCC(F)(F)C(=CC(=O)N2CCC(N(C)C)CC2)c2ccccc21. The Morgan fingerprint density at radius 2 is 1.86 bits per heavy atom. The number of piperidine rings is 1. The molecule has 1 aromatic heterocycles. The molecule has 0 unspecified atom stereocenters. The molecule has 10 heteroatoms. The number of nitrogens with one attached hydrogen (secondary N) is 1. The number of benzene rings is 1. The van der Waals surface area contributed by atoms with Crippen LogP contribution >= 0.6 is 0 Å². The summed E-state index contributed by atoms with van der Waals surface area (Å²) in [6, 6.07) is 8.28. The summed E-state index contributed by atoms with van der Waals surface area (Å²) in [5.74, 6) is -4.54. The van der Waals surface area contributed by atoms with Gasteiger partial charge in [0.05, 0.1) is 11.2 Å². The second kappa shape index (κ2) is 10.2. The molecule has 0 spiro atoms. The van der Waals surface area contributed by atoms with Crippen LogP contribution < -0.4 is 5.01 Å². The monoisotopic (exact) mass is 498 g/mol. The molecule has 8 nitrogen and oxygen atoms in total. The number of allylic oxidation sites excluding steroid dienone is 1. The minimum Gasteiger partial charge on any atom is -0.353 e. The number of halogens is 2. The number of aromatic amines is 1. The first-order valence-corrected chi connectivity index (χ1v) is 11.9. The third-order valence-electron chi connectivity index (χ3n) is 6.97. The molecule has 2 amide bonds. The number of carbonyl (C=O) groups is 2. The van der Waals surface area contributed by atoms with Gasteiger partial charge in [-0.05, 0) is 51.6 Å². The van der Waals surface area contributed by atoms with Gasteiger partial charge in [-0.15, -0.1) is 5.01 Å². The van der Waals surface area contributed by atoms with Gasteiger partial charge in [-0.2, -0.15) is 4.79 Å². The van der Waals surface area contributed by atoms with E-state index < -0.39 is 29.7 Å². The van der Waals surface area contributed by atoms with Crippen molar-refractivity contribution < 1.29 is 27.8 Å². The van der Waals surface area contributed by atoms with Crippen LogP contribution in [0, 0.1) is 6.92 Å². The number of hydrogen-bond donors (Lipinski definition) is 1. The number of rotatable bonds is 4. The van der Waals surface area contributed by atoms with Crippen molar-refractivity contribution in [2.45, 2.75) is 38.2 Å². The molecular formula is C26H30F2N5O3+. The van der Waals surface area contributed by atoms with Crippen molar-refractivity contribution in [2.75, 3.05) is 38.7 Å². The van der Waals surface area contributed by atoms with Gasteiger partial charge in [0.25, 0.3) is 5.92 Å². The minimum absolute atomic E-state index is 0.0905. The van der Waals surface area contributed by atoms with E-state index in [1.165, 1.54) is 11.1 Å². The lowest BCUT2D eigenvalue weighted by atomic mass is 9.96. The highest BCUT2D eigenvalue weighted by molar-refractivity contribution is 5.99. The number of hydrogen-bond acceptors (Lipinski definition) is 5. The number of anilines is 1. The number of alkyl halides is 2. The maximum Gasteiger partial charge on any atom is 0.476 e. The first-order valence-electron chi connectivity index (χ1n) is 11.9. The fourth-order valence-corrected chi connectivity index (χ4v) is 4.82. The normalized spacial score (nSPS) is 19.1. The highest BCUT2D eigenvalue weighted by Gasteiger charge is 2.45. The van der Waals surface area contributed by atoms with Crippen LogP contribution in [0.3, 0.4) is 0 Å². The van der Waals surface area contributed by atoms with Gasteiger partial charge in [0, 0.05) is 49.0 Å². The molecule has 0 saturated carbocycles. The van der Waals surface area contributed by atoms with Crippen LogP contribution in [0.15, 0.2) is 42.6 Å². The number of H-pyrrole nitrogens is 1. The number of hydrazine groups is 1. The smallest absolute Gasteiger partial charge is 0.353 e. The van der Waals surface area contributed by atoms with Crippen molar-refractivity contribution in [3.63, 3.8) is 0 Å². The molecule has 0 radical (unpaired) electrons. The zero-order valence-corrected chi connectivity index (χ0v) is 20.6. The largest absolute Gasteiger partial charge is 0.476 e. The fourth-order valence-electron chi connectivity index (χ4n) is 4.82. The van der Waals surface area contributed by atoms with Gasteiger partial charge >= 0.3 is 12.0 Å². The van der Waals surface area contributed by atoms with Gasteiger partial charge in [0.2, 0.25) is 5.91 Å². The van der Waals surface area contributed by atoms with E-state index in [2.05, 4.69) is 9.88 Å². The predicted octanol–water partition coefficient (Wildman–Crippen LogP) is 3.21. The van der Waals surface area contributed by atoms with Gasteiger partial charge in [0.15, 0.2) is 5.69 Å². The average molecular weight is 499 g/mol. The number of carbonyl (C=O) groups excluding carboxylic acids is 3. The van der Waals surface area contributed by atoms with E-state index in [0.717, 1.165) is 18.9 Å². The summed E-state index contributed by atoms with van der Waals surface area (Å²) in [5, 5.41) is 1.20. The first kappa shape index (κ1) is 25.5. The predicted molar refractivity (Wildman–Crippen MR) is 130 cm³/mol. The average Bonchev–Trinajstić information content (AvgIpc) is 3.26. The molecule has 4 rings (SSSR count). The molecule has 0 atom stereocenters. The summed E-state index contributed by atoms with van der Waals surface area (Å²) in [6.45, 7) is 2.35. The second-order valence-electron chi connectivity index (χ2n) is 9.42. The number of amides is 2. The van der Waals surface area contributed by atoms with Crippen molar-refractivity contribution in [1.29, 1.82) is 0 Å². The summed E-state index contributed by atoms with van der Waals surface area (Å²) < 4.78 is 31.7. The van der Waals surface area contributed by atoms with Crippen LogP contribution in [0.4, 0.5) is 14.5 Å². The van der Waals surface area contributed by atoms with Gasteiger partial charge in [-0.3, -0.25) is 4.79 Å². The van der Waals surface area contributed by atoms with Crippen LogP contribution in [0.25, 0.3) is 5.57 Å². The molecule has 0 aliphatic carbocycles. The van der Waals surface area contributed by atoms with Crippen molar-refractivity contribution in [3.8, 4) is 0 Å². The second-order valence-corrected chi connectivity index (χ2v) is 9.42. The Morgan fingerprint density at radius 3 is 2.47 bits per heavy atom. The van der Waals surface area contributed by atoms with Gasteiger partial charge in [0.1, 0.15) is 5.69 Å². The zero-order valence-electron chi connectivity index (χ0n) is 20.6. The summed E-state index contributed by atoms with van der Waals surface area (Å²) in [6.07, 6.45) is 5.02. The third-order valence-corrected chi connectivity index (χ3v) is 6.97. The van der Waals surface area contributed by atoms with E-state index in [4.69, 9.17) is 0 Å². The summed E-state index contributed by atoms with van der Waals surface area (Å²) in [7, 11) is 3.97. The Hall–Kier alpha value is -3.62. The van der Waals surface area contributed by atoms with Crippen LogP contribution in [0.2, 0.25) is 0 Å². The summed E-state index contributed by atoms with van der Waals surface area (Å²) in [5.41, 5.74) is 0.667. The minimum atomic E-state index is -3.36. The molecule has 1 aromatic carbocycles. The number of likely N-dealkylation sites (tertiary alicyclic amines) is 1. The van der Waals surface area contributed by atoms with E-state index in [1.54, 1.807) is 48.4 Å². The highest BCUT2D eigenvalue weighted by Crippen LogP contribution is 2.43. The van der Waals surface area contributed by atoms with Gasteiger partial charge < -0.3 is 14.8 Å². The molecule has 190 valence electrons. The molecule has 2 aliphatic heterocycles. The fraction of sp³-hybridized carbons (Fsp3) is 0.423. The van der Waals surface area contributed by atoms with Crippen molar-refractivity contribution in [3.05, 3.63) is 59.4 Å². The van der Waals surface area contributed by atoms with E-state index >= 15 is 8.78 Å². The number of isocyanates is 1. The molecule has 0 bridgehead atoms. The standard InChI is InChI=1S/C26H29F2N5O3/c1-18-8-12-29-24(18)25(36)33(17-34)32-15-11-26(27,28)21(20-6-4-5-7-22(20)32)16-23(35)31-13-9-19(10-14-31)30(2)3/h4-8,12,16,19H,9-11,13-15H2,1-3H3/p+1. The number of fused-ring (bicyclic) bond motifs is 1. The lowest BCUT2D eigenvalue weighted by molar-refractivity contribution is -0.441. The lowest BCUT2D eigenvalue weighted by Crippen LogP contribution is -2.44. The quantitative estimate of drug-likeness (QED) is 0.303. The molecule has 1 N–H and O–H groups in total. The summed E-state index contributed by atoms with van der Waals surface area (Å²) in [4.78, 5) is 44.6. The van der Waals surface area contributed by atoms with E-state index in [-0.39, 0.29) is 23.5 Å². The van der Waals surface area contributed by atoms with E-state index in [0.29, 0.717) is 29.4 Å². The van der Waals surface area contributed by atoms with Crippen molar-refractivity contribution in [2.24, 2.45) is 0 Å². The number of hydrazone groups is 1. The van der Waals surface area contributed by atoms with Crippen molar-refractivity contribution >= 4 is 29.2 Å². The number of nitrogens with zero attached hydrogens (tertiary/aromatic N) is 4. The number of aromatic nitrogens is 1. The van der Waals surface area contributed by atoms with Crippen LogP contribution in [0.5, 0.6) is 0 Å². The van der Waals surface area contributed by atoms with E-state index in [1.807, 2.05) is 14.1 Å². The highest BCUT2D eigenvalue weighted by atomic mass is 19.3. The first-order chi connectivity index (χ1) is 17.1. The Labute approximate surface area is 208 Å². The zero-order chi connectivity index (χ0) is 26.0.